The Morgan fingerprint density at radius 1 is 1.12 bits per heavy atom. The quantitative estimate of drug-likeness (QED) is 0.161. The number of aromatic nitrogens is 2. The molecule has 0 bridgehead atoms. The summed E-state index contributed by atoms with van der Waals surface area (Å²) in [5.74, 6) is 2.19. The first-order valence-corrected chi connectivity index (χ1v) is 10.6. The number of nitrogens with one attached hydrogen (secondary N) is 3. The standard InChI is InChI=1S/C24H30N6O2.HI/c1-4-25-24(27-15-14-26-23(31)19-10-12-20(32-3)13-11-19)30(2)17-22-28-16-21(29-22)18-8-6-5-7-9-18;/h5-13,16H,4,14-15,17H2,1-3H3,(H,25,27)(H,26,31)(H,28,29);1H. The van der Waals surface area contributed by atoms with Gasteiger partial charge >= 0.3 is 0 Å². The van der Waals surface area contributed by atoms with Gasteiger partial charge in [-0.25, -0.2) is 4.98 Å². The molecule has 8 nitrogen and oxygen atoms in total. The normalized spacial score (nSPS) is 10.8. The van der Waals surface area contributed by atoms with Gasteiger partial charge in [-0.2, -0.15) is 0 Å². The first-order chi connectivity index (χ1) is 15.6. The third-order valence-corrected chi connectivity index (χ3v) is 4.81. The number of ether oxygens (including phenoxy) is 1. The second kappa shape index (κ2) is 13.5. The van der Waals surface area contributed by atoms with Crippen molar-refractivity contribution in [2.24, 2.45) is 4.99 Å². The molecular formula is C24H31IN6O2. The van der Waals surface area contributed by atoms with Gasteiger partial charge < -0.3 is 25.3 Å². The molecule has 0 saturated carbocycles. The molecule has 0 atom stereocenters. The zero-order chi connectivity index (χ0) is 22.8. The molecule has 1 heterocycles. The molecule has 0 saturated heterocycles. The van der Waals surface area contributed by atoms with Crippen LogP contribution in [0.2, 0.25) is 0 Å². The van der Waals surface area contributed by atoms with E-state index >= 15 is 0 Å². The van der Waals surface area contributed by atoms with Crippen LogP contribution in [0.25, 0.3) is 11.3 Å². The predicted octanol–water partition coefficient (Wildman–Crippen LogP) is 3.53. The minimum Gasteiger partial charge on any atom is -0.497 e. The fourth-order valence-electron chi connectivity index (χ4n) is 3.15. The first-order valence-electron chi connectivity index (χ1n) is 10.6. The lowest BCUT2D eigenvalue weighted by molar-refractivity contribution is 0.0954. The van der Waals surface area contributed by atoms with Crippen molar-refractivity contribution in [1.82, 2.24) is 25.5 Å². The summed E-state index contributed by atoms with van der Waals surface area (Å²) in [6.07, 6.45) is 1.84. The lowest BCUT2D eigenvalue weighted by atomic mass is 10.2. The van der Waals surface area contributed by atoms with Crippen molar-refractivity contribution in [2.75, 3.05) is 33.8 Å². The zero-order valence-electron chi connectivity index (χ0n) is 19.2. The summed E-state index contributed by atoms with van der Waals surface area (Å²) in [5, 5.41) is 6.17. The SMILES string of the molecule is CCNC(=NCCNC(=O)c1ccc(OC)cc1)N(C)Cc1ncc(-c2ccccc2)[nH]1.I. The molecule has 2 aromatic carbocycles. The van der Waals surface area contributed by atoms with Crippen molar-refractivity contribution >= 4 is 35.8 Å². The number of H-pyrrole nitrogens is 1. The molecule has 3 rings (SSSR count). The van der Waals surface area contributed by atoms with Gasteiger partial charge in [-0.3, -0.25) is 9.79 Å². The van der Waals surface area contributed by atoms with E-state index in [4.69, 9.17) is 4.74 Å². The van der Waals surface area contributed by atoms with Crippen molar-refractivity contribution in [3.63, 3.8) is 0 Å². The van der Waals surface area contributed by atoms with E-state index in [0.717, 1.165) is 35.3 Å². The van der Waals surface area contributed by atoms with Gasteiger partial charge in [0, 0.05) is 25.7 Å². The van der Waals surface area contributed by atoms with E-state index in [0.29, 0.717) is 25.2 Å². The maximum absolute atomic E-state index is 12.3. The monoisotopic (exact) mass is 562 g/mol. The van der Waals surface area contributed by atoms with Gasteiger partial charge in [0.2, 0.25) is 0 Å². The summed E-state index contributed by atoms with van der Waals surface area (Å²) in [5.41, 5.74) is 2.67. The van der Waals surface area contributed by atoms with Gasteiger partial charge in [-0.15, -0.1) is 24.0 Å². The fourth-order valence-corrected chi connectivity index (χ4v) is 3.15. The molecule has 3 N–H and O–H groups in total. The van der Waals surface area contributed by atoms with Crippen LogP contribution in [0.1, 0.15) is 23.1 Å². The van der Waals surface area contributed by atoms with Crippen molar-refractivity contribution in [1.29, 1.82) is 0 Å². The summed E-state index contributed by atoms with van der Waals surface area (Å²) in [4.78, 5) is 26.8. The number of carbonyl (C=O) groups excluding carboxylic acids is 1. The van der Waals surface area contributed by atoms with Crippen LogP contribution in [-0.4, -0.2) is 60.5 Å². The van der Waals surface area contributed by atoms with E-state index in [1.165, 1.54) is 0 Å². The van der Waals surface area contributed by atoms with E-state index in [1.807, 2.05) is 55.4 Å². The van der Waals surface area contributed by atoms with E-state index in [9.17, 15) is 4.79 Å². The van der Waals surface area contributed by atoms with Crippen LogP contribution in [0.3, 0.4) is 0 Å². The maximum atomic E-state index is 12.3. The molecule has 9 heteroatoms. The number of benzene rings is 2. The van der Waals surface area contributed by atoms with Crippen LogP contribution in [-0.2, 0) is 6.54 Å². The Hall–Kier alpha value is -3.08. The minimum atomic E-state index is -0.134. The highest BCUT2D eigenvalue weighted by Gasteiger charge is 2.10. The van der Waals surface area contributed by atoms with Gasteiger partial charge in [0.05, 0.1) is 32.1 Å². The average Bonchev–Trinajstić information content (AvgIpc) is 3.30. The number of aliphatic imine (C=N–C) groups is 1. The van der Waals surface area contributed by atoms with Crippen molar-refractivity contribution < 1.29 is 9.53 Å². The lowest BCUT2D eigenvalue weighted by Crippen LogP contribution is -2.39. The highest BCUT2D eigenvalue weighted by atomic mass is 127. The minimum absolute atomic E-state index is 0. The Bertz CT molecular complexity index is 1020. The first kappa shape index (κ1) is 26.2. The average molecular weight is 562 g/mol. The highest BCUT2D eigenvalue weighted by molar-refractivity contribution is 14.0. The molecule has 1 aromatic heterocycles. The van der Waals surface area contributed by atoms with Gasteiger partial charge in [-0.1, -0.05) is 30.3 Å². The summed E-state index contributed by atoms with van der Waals surface area (Å²) >= 11 is 0. The summed E-state index contributed by atoms with van der Waals surface area (Å²) in [7, 11) is 3.56. The number of rotatable bonds is 9. The summed E-state index contributed by atoms with van der Waals surface area (Å²) in [6.45, 7) is 4.25. The summed E-state index contributed by atoms with van der Waals surface area (Å²) in [6, 6.07) is 17.1. The Morgan fingerprint density at radius 2 is 1.85 bits per heavy atom. The van der Waals surface area contributed by atoms with Gasteiger partial charge in [0.15, 0.2) is 5.96 Å². The van der Waals surface area contributed by atoms with Gasteiger partial charge in [0.25, 0.3) is 5.91 Å². The van der Waals surface area contributed by atoms with Gasteiger partial charge in [0.1, 0.15) is 11.6 Å². The zero-order valence-corrected chi connectivity index (χ0v) is 21.5. The number of halogens is 1. The van der Waals surface area contributed by atoms with Crippen LogP contribution in [0.5, 0.6) is 5.75 Å². The number of hydrogen-bond acceptors (Lipinski definition) is 4. The molecule has 0 unspecified atom stereocenters. The number of imidazole rings is 1. The number of amides is 1. The smallest absolute Gasteiger partial charge is 0.251 e. The number of nitrogens with zero attached hydrogens (tertiary/aromatic N) is 3. The third kappa shape index (κ3) is 7.77. The molecule has 0 fully saturated rings. The Labute approximate surface area is 211 Å². The Kier molecular flexibility index (Phi) is 10.7. The Morgan fingerprint density at radius 3 is 2.52 bits per heavy atom. The second-order valence-electron chi connectivity index (χ2n) is 7.19. The molecule has 176 valence electrons. The van der Waals surface area contributed by atoms with Crippen LogP contribution in [0.4, 0.5) is 0 Å². The lowest BCUT2D eigenvalue weighted by Gasteiger charge is -2.21. The van der Waals surface area contributed by atoms with Crippen LogP contribution in [0, 0.1) is 0 Å². The van der Waals surface area contributed by atoms with Crippen molar-refractivity contribution in [2.45, 2.75) is 13.5 Å². The fraction of sp³-hybridized carbons (Fsp3) is 0.292. The molecular weight excluding hydrogens is 531 g/mol. The molecule has 0 aliphatic heterocycles. The van der Waals surface area contributed by atoms with E-state index < -0.39 is 0 Å². The number of guanidine groups is 1. The molecule has 0 radical (unpaired) electrons. The number of methoxy groups -OCH3 is 1. The maximum Gasteiger partial charge on any atom is 0.251 e. The number of hydrogen-bond donors (Lipinski definition) is 3. The number of carbonyl (C=O) groups is 1. The van der Waals surface area contributed by atoms with Crippen molar-refractivity contribution in [3.05, 3.63) is 72.2 Å². The van der Waals surface area contributed by atoms with E-state index in [2.05, 4.69) is 25.6 Å². The van der Waals surface area contributed by atoms with E-state index in [1.54, 1.807) is 31.4 Å². The topological polar surface area (TPSA) is 94.6 Å². The molecule has 0 aliphatic rings. The number of aromatic amines is 1. The highest BCUT2D eigenvalue weighted by Crippen LogP contribution is 2.16. The predicted molar refractivity (Wildman–Crippen MR) is 142 cm³/mol. The van der Waals surface area contributed by atoms with Crippen LogP contribution in [0.15, 0.2) is 65.8 Å². The largest absolute Gasteiger partial charge is 0.497 e. The third-order valence-electron chi connectivity index (χ3n) is 4.81. The Balaban J connectivity index is 0.00000385. The summed E-state index contributed by atoms with van der Waals surface area (Å²) < 4.78 is 5.12. The molecule has 0 spiro atoms. The molecule has 0 aliphatic carbocycles. The van der Waals surface area contributed by atoms with Crippen molar-refractivity contribution in [3.8, 4) is 17.0 Å². The molecule has 3 aromatic rings. The van der Waals surface area contributed by atoms with Gasteiger partial charge in [-0.05, 0) is 36.8 Å². The molecule has 1 amide bonds. The van der Waals surface area contributed by atoms with E-state index in [-0.39, 0.29) is 29.9 Å². The van der Waals surface area contributed by atoms with Crippen LogP contribution < -0.4 is 15.4 Å². The molecule has 33 heavy (non-hydrogen) atoms. The second-order valence-corrected chi connectivity index (χ2v) is 7.19. The van der Waals surface area contributed by atoms with Crippen LogP contribution >= 0.6 is 24.0 Å².